The van der Waals surface area contributed by atoms with Crippen molar-refractivity contribution in [1.82, 2.24) is 5.32 Å². The lowest BCUT2D eigenvalue weighted by Crippen LogP contribution is -2.45. The fourth-order valence-electron chi connectivity index (χ4n) is 3.84. The molecule has 0 radical (unpaired) electrons. The molecule has 0 spiro atoms. The van der Waals surface area contributed by atoms with Crippen molar-refractivity contribution < 1.29 is 22.7 Å². The number of nitrogens with one attached hydrogen (secondary N) is 1. The monoisotopic (exact) mass is 446 g/mol. The number of benzene rings is 2. The van der Waals surface area contributed by atoms with Gasteiger partial charge in [0.25, 0.3) is 0 Å². The normalized spacial score (nSPS) is 17.3. The molecule has 0 saturated heterocycles. The number of nitrogens with zero attached hydrogens (tertiary/aromatic N) is 1. The third-order valence-electron chi connectivity index (χ3n) is 5.55. The quantitative estimate of drug-likeness (QED) is 0.734. The minimum atomic E-state index is -3.65. The van der Waals surface area contributed by atoms with E-state index in [1.807, 2.05) is 45.9 Å². The highest BCUT2D eigenvalue weighted by atomic mass is 32.2. The fourth-order valence-corrected chi connectivity index (χ4v) is 4.75. The Morgan fingerprint density at radius 3 is 2.61 bits per heavy atom. The van der Waals surface area contributed by atoms with Gasteiger partial charge >= 0.3 is 0 Å². The predicted octanol–water partition coefficient (Wildman–Crippen LogP) is 3.50. The number of hydrogen-bond acceptors (Lipinski definition) is 5. The van der Waals surface area contributed by atoms with E-state index in [4.69, 9.17) is 9.47 Å². The number of sulfonamides is 1. The Bertz CT molecular complexity index is 1100. The number of aryl methyl sites for hydroxylation is 1. The summed E-state index contributed by atoms with van der Waals surface area (Å²) >= 11 is 0. The molecule has 3 rings (SSSR count). The van der Waals surface area contributed by atoms with Gasteiger partial charge in [0.15, 0.2) is 0 Å². The van der Waals surface area contributed by atoms with Crippen LogP contribution in [0.5, 0.6) is 11.5 Å². The second-order valence-electron chi connectivity index (χ2n) is 8.58. The Morgan fingerprint density at radius 1 is 1.26 bits per heavy atom. The smallest absolute Gasteiger partial charge is 0.241 e. The minimum absolute atomic E-state index is 0.299. The summed E-state index contributed by atoms with van der Waals surface area (Å²) in [6.07, 6.45) is 1.67. The Kier molecular flexibility index (Phi) is 6.23. The molecule has 0 fully saturated rings. The van der Waals surface area contributed by atoms with Gasteiger partial charge in [-0.05, 0) is 57.0 Å². The molecule has 2 aromatic carbocycles. The van der Waals surface area contributed by atoms with Crippen molar-refractivity contribution >= 4 is 21.6 Å². The molecule has 1 heterocycles. The van der Waals surface area contributed by atoms with E-state index in [1.165, 1.54) is 0 Å². The van der Waals surface area contributed by atoms with Gasteiger partial charge in [-0.1, -0.05) is 12.1 Å². The molecule has 0 saturated carbocycles. The van der Waals surface area contributed by atoms with Gasteiger partial charge in [0.1, 0.15) is 23.6 Å². The first kappa shape index (κ1) is 22.9. The molecule has 1 aliphatic heterocycles. The van der Waals surface area contributed by atoms with Gasteiger partial charge in [0.2, 0.25) is 15.9 Å². The van der Waals surface area contributed by atoms with E-state index in [1.54, 1.807) is 25.3 Å². The summed E-state index contributed by atoms with van der Waals surface area (Å²) in [5, 5.41) is 3.01. The Balaban J connectivity index is 1.87. The third kappa shape index (κ3) is 5.12. The third-order valence-corrected chi connectivity index (χ3v) is 6.67. The van der Waals surface area contributed by atoms with E-state index >= 15 is 0 Å². The van der Waals surface area contributed by atoms with E-state index in [-0.39, 0.29) is 18.5 Å². The summed E-state index contributed by atoms with van der Waals surface area (Å²) in [6.45, 7) is 7.37. The van der Waals surface area contributed by atoms with Gasteiger partial charge < -0.3 is 14.8 Å². The highest BCUT2D eigenvalue weighted by Gasteiger charge is 2.35. The number of rotatable bonds is 6. The van der Waals surface area contributed by atoms with Crippen LogP contribution in [0.3, 0.4) is 0 Å². The van der Waals surface area contributed by atoms with Gasteiger partial charge in [-0.2, -0.15) is 0 Å². The number of carbonyl (C=O) groups is 1. The van der Waals surface area contributed by atoms with Crippen LogP contribution in [0.1, 0.15) is 43.0 Å². The number of amides is 1. The Hall–Kier alpha value is -2.74. The zero-order valence-corrected chi connectivity index (χ0v) is 19.7. The Labute approximate surface area is 184 Å². The standard InChI is InChI=1S/C23H30N2O5S/c1-15-8-7-9-20(16(15)2)25(31(6,27)28)14-22(26)24-19-13-23(3,4)30-21-12-17(29-5)10-11-18(19)21/h7-12,19H,13-14H2,1-6H3,(H,24,26)/t19-/m1/s1. The molecule has 1 amide bonds. The Morgan fingerprint density at radius 2 is 1.97 bits per heavy atom. The molecule has 8 heteroatoms. The zero-order chi connectivity index (χ0) is 23.0. The van der Waals surface area contributed by atoms with Crippen LogP contribution in [0.15, 0.2) is 36.4 Å². The summed E-state index contributed by atoms with van der Waals surface area (Å²) in [7, 11) is -2.07. The average molecular weight is 447 g/mol. The van der Waals surface area contributed by atoms with Crippen molar-refractivity contribution in [3.8, 4) is 11.5 Å². The van der Waals surface area contributed by atoms with Crippen molar-refractivity contribution in [2.75, 3.05) is 24.2 Å². The lowest BCUT2D eigenvalue weighted by atomic mass is 9.89. The van der Waals surface area contributed by atoms with Crippen molar-refractivity contribution in [1.29, 1.82) is 0 Å². The molecular formula is C23H30N2O5S. The lowest BCUT2D eigenvalue weighted by Gasteiger charge is -2.38. The molecule has 168 valence electrons. The maximum Gasteiger partial charge on any atom is 0.241 e. The van der Waals surface area contributed by atoms with Gasteiger partial charge in [-0.3, -0.25) is 9.10 Å². The summed E-state index contributed by atoms with van der Waals surface area (Å²) in [5.41, 5.74) is 2.63. The number of anilines is 1. The SMILES string of the molecule is COc1ccc2c(c1)OC(C)(C)C[C@H]2NC(=O)CN(c1cccc(C)c1C)S(C)(=O)=O. The van der Waals surface area contributed by atoms with Crippen LogP contribution in [0.4, 0.5) is 5.69 Å². The zero-order valence-electron chi connectivity index (χ0n) is 18.9. The van der Waals surface area contributed by atoms with E-state index in [0.29, 0.717) is 23.6 Å². The van der Waals surface area contributed by atoms with Crippen molar-refractivity contribution in [3.63, 3.8) is 0 Å². The average Bonchev–Trinajstić information content (AvgIpc) is 2.66. The first-order valence-corrected chi connectivity index (χ1v) is 12.0. The molecule has 2 aromatic rings. The molecule has 7 nitrogen and oxygen atoms in total. The molecule has 1 atom stereocenters. The van der Waals surface area contributed by atoms with E-state index in [9.17, 15) is 13.2 Å². The van der Waals surface area contributed by atoms with Crippen LogP contribution >= 0.6 is 0 Å². The molecule has 0 bridgehead atoms. The first-order valence-electron chi connectivity index (χ1n) is 10.1. The van der Waals surface area contributed by atoms with Gasteiger partial charge in [-0.25, -0.2) is 8.42 Å². The summed E-state index contributed by atoms with van der Waals surface area (Å²) < 4.78 is 37.5. The summed E-state index contributed by atoms with van der Waals surface area (Å²) in [4.78, 5) is 13.0. The number of methoxy groups -OCH3 is 1. The van der Waals surface area contributed by atoms with E-state index in [2.05, 4.69) is 5.32 Å². The fraction of sp³-hybridized carbons (Fsp3) is 0.435. The van der Waals surface area contributed by atoms with Crippen LogP contribution in [-0.4, -0.2) is 39.8 Å². The number of carbonyl (C=O) groups excluding carboxylic acids is 1. The lowest BCUT2D eigenvalue weighted by molar-refractivity contribution is -0.120. The van der Waals surface area contributed by atoms with Gasteiger partial charge in [0, 0.05) is 18.1 Å². The highest BCUT2D eigenvalue weighted by Crippen LogP contribution is 2.41. The molecule has 0 aliphatic carbocycles. The molecule has 1 N–H and O–H groups in total. The maximum absolute atomic E-state index is 13.0. The van der Waals surface area contributed by atoms with E-state index < -0.39 is 15.6 Å². The van der Waals surface area contributed by atoms with Gasteiger partial charge in [-0.15, -0.1) is 0 Å². The van der Waals surface area contributed by atoms with E-state index in [0.717, 1.165) is 27.3 Å². The second-order valence-corrected chi connectivity index (χ2v) is 10.5. The number of hydrogen-bond donors (Lipinski definition) is 1. The number of ether oxygens (including phenoxy) is 2. The highest BCUT2D eigenvalue weighted by molar-refractivity contribution is 7.92. The van der Waals surface area contributed by atoms with Gasteiger partial charge in [0.05, 0.1) is 25.1 Å². The maximum atomic E-state index is 13.0. The van der Waals surface area contributed by atoms with Crippen molar-refractivity contribution in [3.05, 3.63) is 53.1 Å². The molecule has 0 aromatic heterocycles. The van der Waals surface area contributed by atoms with Crippen LogP contribution in [0.25, 0.3) is 0 Å². The first-order chi connectivity index (χ1) is 14.4. The molecular weight excluding hydrogens is 416 g/mol. The van der Waals surface area contributed by atoms with Crippen LogP contribution < -0.4 is 19.1 Å². The summed E-state index contributed by atoms with van der Waals surface area (Å²) in [6, 6.07) is 10.6. The van der Waals surface area contributed by atoms with Crippen molar-refractivity contribution in [2.45, 2.75) is 45.8 Å². The van der Waals surface area contributed by atoms with Crippen LogP contribution in [0.2, 0.25) is 0 Å². The van der Waals surface area contributed by atoms with Crippen LogP contribution in [-0.2, 0) is 14.8 Å². The topological polar surface area (TPSA) is 84.9 Å². The molecule has 31 heavy (non-hydrogen) atoms. The minimum Gasteiger partial charge on any atom is -0.497 e. The van der Waals surface area contributed by atoms with Crippen molar-refractivity contribution in [2.24, 2.45) is 0 Å². The molecule has 1 aliphatic rings. The summed E-state index contributed by atoms with van der Waals surface area (Å²) in [5.74, 6) is 0.936. The second kappa shape index (κ2) is 8.42. The molecule has 0 unspecified atom stereocenters. The van der Waals surface area contributed by atoms with Crippen LogP contribution in [0, 0.1) is 13.8 Å². The number of fused-ring (bicyclic) bond motifs is 1. The predicted molar refractivity (Wildman–Crippen MR) is 121 cm³/mol. The largest absolute Gasteiger partial charge is 0.497 e.